The molecule has 1 aromatic carbocycles. The first-order valence-electron chi connectivity index (χ1n) is 5.48. The Morgan fingerprint density at radius 1 is 1.38 bits per heavy atom. The van der Waals surface area contributed by atoms with Crippen molar-refractivity contribution >= 4 is 0 Å². The average molecular weight is 212 g/mol. The highest BCUT2D eigenvalue weighted by molar-refractivity contribution is 5.31. The molecule has 0 aromatic heterocycles. The lowest BCUT2D eigenvalue weighted by atomic mass is 10.1. The molecule has 1 unspecified atom stereocenters. The van der Waals surface area contributed by atoms with Crippen molar-refractivity contribution in [3.8, 4) is 18.4 Å². The zero-order valence-electron chi connectivity index (χ0n) is 9.53. The fourth-order valence-electron chi connectivity index (χ4n) is 1.47. The average Bonchev–Trinajstić information content (AvgIpc) is 2.35. The van der Waals surface area contributed by atoms with Crippen LogP contribution in [0.25, 0.3) is 0 Å². The molecule has 2 nitrogen and oxygen atoms in total. The van der Waals surface area contributed by atoms with Gasteiger partial charge in [0.25, 0.3) is 0 Å². The van der Waals surface area contributed by atoms with Gasteiger partial charge in [0.15, 0.2) is 0 Å². The Morgan fingerprint density at radius 3 is 2.56 bits per heavy atom. The van der Waals surface area contributed by atoms with E-state index in [1.54, 1.807) is 0 Å². The maximum Gasteiger partial charge on any atom is 0.0991 e. The van der Waals surface area contributed by atoms with Gasteiger partial charge < -0.3 is 0 Å². The first-order chi connectivity index (χ1) is 7.80. The number of benzene rings is 1. The summed E-state index contributed by atoms with van der Waals surface area (Å²) in [5.41, 5.74) is 1.83. The van der Waals surface area contributed by atoms with Crippen LogP contribution in [0.3, 0.4) is 0 Å². The van der Waals surface area contributed by atoms with Crippen LogP contribution in [-0.2, 0) is 6.54 Å². The zero-order chi connectivity index (χ0) is 11.8. The van der Waals surface area contributed by atoms with Crippen LogP contribution in [0.1, 0.15) is 30.9 Å². The van der Waals surface area contributed by atoms with Crippen LogP contribution in [0.15, 0.2) is 24.3 Å². The molecule has 1 rings (SSSR count). The topological polar surface area (TPSA) is 35.8 Å². The van der Waals surface area contributed by atoms with Crippen LogP contribution >= 0.6 is 0 Å². The van der Waals surface area contributed by atoms with Gasteiger partial charge in [0.2, 0.25) is 0 Å². The Morgan fingerprint density at radius 2 is 2.06 bits per heavy atom. The number of hydrogen-bond acceptors (Lipinski definition) is 2. The predicted octanol–water partition coefficient (Wildman–Crippen LogP) is 2.45. The molecule has 1 aromatic rings. The molecule has 1 N–H and O–H groups in total. The Balaban J connectivity index is 2.48. The standard InChI is InChI=1S/C14H16N2/c1-3-5-14(4-2)16-11-13-8-6-12(10-15)7-9-13/h2,6-9,14,16H,3,5,11H2,1H3. The molecule has 0 amide bonds. The number of rotatable bonds is 5. The Kier molecular flexibility index (Phi) is 5.12. The lowest BCUT2D eigenvalue weighted by molar-refractivity contribution is 0.563. The number of terminal acetylenes is 1. The monoisotopic (exact) mass is 212 g/mol. The van der Waals surface area contributed by atoms with E-state index in [1.165, 1.54) is 0 Å². The highest BCUT2D eigenvalue weighted by atomic mass is 14.9. The Hall–Kier alpha value is -1.77. The molecule has 0 saturated heterocycles. The van der Waals surface area contributed by atoms with Gasteiger partial charge in [-0.05, 0) is 24.1 Å². The van der Waals surface area contributed by atoms with Crippen molar-refractivity contribution in [3.63, 3.8) is 0 Å². The molecule has 0 aliphatic rings. The van der Waals surface area contributed by atoms with Gasteiger partial charge in [-0.15, -0.1) is 6.42 Å². The van der Waals surface area contributed by atoms with Gasteiger partial charge in [-0.3, -0.25) is 5.32 Å². The van der Waals surface area contributed by atoms with Crippen LogP contribution in [0, 0.1) is 23.7 Å². The maximum absolute atomic E-state index is 8.66. The summed E-state index contributed by atoms with van der Waals surface area (Å²) in [7, 11) is 0. The summed E-state index contributed by atoms with van der Waals surface area (Å²) in [6.45, 7) is 2.87. The maximum atomic E-state index is 8.66. The van der Waals surface area contributed by atoms with E-state index in [2.05, 4.69) is 24.2 Å². The largest absolute Gasteiger partial charge is 0.300 e. The lowest BCUT2D eigenvalue weighted by Gasteiger charge is -2.11. The summed E-state index contributed by atoms with van der Waals surface area (Å²) >= 11 is 0. The fourth-order valence-corrected chi connectivity index (χ4v) is 1.47. The van der Waals surface area contributed by atoms with Gasteiger partial charge in [0, 0.05) is 6.54 Å². The minimum absolute atomic E-state index is 0.139. The molecule has 1 atom stereocenters. The molecule has 0 bridgehead atoms. The van der Waals surface area contributed by atoms with E-state index < -0.39 is 0 Å². The molecule has 0 saturated carbocycles. The van der Waals surface area contributed by atoms with E-state index in [4.69, 9.17) is 11.7 Å². The number of nitrogens with zero attached hydrogens (tertiary/aromatic N) is 1. The Labute approximate surface area is 97.3 Å². The van der Waals surface area contributed by atoms with Gasteiger partial charge in [-0.25, -0.2) is 0 Å². The predicted molar refractivity (Wildman–Crippen MR) is 65.5 cm³/mol. The van der Waals surface area contributed by atoms with Crippen LogP contribution < -0.4 is 5.32 Å². The van der Waals surface area contributed by atoms with E-state index in [1.807, 2.05) is 24.3 Å². The van der Waals surface area contributed by atoms with Gasteiger partial charge in [0.05, 0.1) is 17.7 Å². The zero-order valence-corrected chi connectivity index (χ0v) is 9.53. The quantitative estimate of drug-likeness (QED) is 0.761. The summed E-state index contributed by atoms with van der Waals surface area (Å²) < 4.78 is 0. The minimum Gasteiger partial charge on any atom is -0.300 e. The van der Waals surface area contributed by atoms with Crippen LogP contribution in [0.2, 0.25) is 0 Å². The van der Waals surface area contributed by atoms with Crippen molar-refractivity contribution < 1.29 is 0 Å². The molecule has 82 valence electrons. The second-order valence-electron chi connectivity index (χ2n) is 3.70. The normalized spacial score (nSPS) is 11.4. The summed E-state index contributed by atoms with van der Waals surface area (Å²) in [6, 6.07) is 9.78. The van der Waals surface area contributed by atoms with Crippen molar-refractivity contribution in [1.29, 1.82) is 5.26 Å². The number of nitrogens with one attached hydrogen (secondary N) is 1. The van der Waals surface area contributed by atoms with E-state index >= 15 is 0 Å². The summed E-state index contributed by atoms with van der Waals surface area (Å²) in [5, 5.41) is 12.0. The molecule has 0 radical (unpaired) electrons. The van der Waals surface area contributed by atoms with Gasteiger partial charge in [0.1, 0.15) is 0 Å². The molecule has 0 spiro atoms. The molecular weight excluding hydrogens is 196 g/mol. The third-order valence-corrected chi connectivity index (χ3v) is 2.41. The van der Waals surface area contributed by atoms with Crippen molar-refractivity contribution in [2.75, 3.05) is 0 Å². The lowest BCUT2D eigenvalue weighted by Crippen LogP contribution is -2.26. The molecular formula is C14H16N2. The molecule has 0 aliphatic heterocycles. The van der Waals surface area contributed by atoms with E-state index in [0.717, 1.165) is 24.9 Å². The third-order valence-electron chi connectivity index (χ3n) is 2.41. The van der Waals surface area contributed by atoms with Gasteiger partial charge >= 0.3 is 0 Å². The highest BCUT2D eigenvalue weighted by Gasteiger charge is 2.02. The Bertz CT molecular complexity index is 392. The minimum atomic E-state index is 0.139. The number of hydrogen-bond donors (Lipinski definition) is 1. The molecule has 0 aliphatic carbocycles. The first kappa shape index (κ1) is 12.3. The molecule has 2 heteroatoms. The second kappa shape index (κ2) is 6.67. The van der Waals surface area contributed by atoms with Crippen LogP contribution in [0.4, 0.5) is 0 Å². The smallest absolute Gasteiger partial charge is 0.0991 e. The van der Waals surface area contributed by atoms with Gasteiger partial charge in [-0.1, -0.05) is 31.4 Å². The summed E-state index contributed by atoms with van der Waals surface area (Å²) in [4.78, 5) is 0. The molecule has 0 fully saturated rings. The van der Waals surface area contributed by atoms with Crippen molar-refractivity contribution in [1.82, 2.24) is 5.32 Å². The highest BCUT2D eigenvalue weighted by Crippen LogP contribution is 2.04. The van der Waals surface area contributed by atoms with Crippen molar-refractivity contribution in [2.24, 2.45) is 0 Å². The van der Waals surface area contributed by atoms with E-state index in [0.29, 0.717) is 5.56 Å². The van der Waals surface area contributed by atoms with Crippen molar-refractivity contribution in [3.05, 3.63) is 35.4 Å². The molecule has 16 heavy (non-hydrogen) atoms. The number of nitriles is 1. The van der Waals surface area contributed by atoms with Gasteiger partial charge in [-0.2, -0.15) is 5.26 Å². The first-order valence-corrected chi connectivity index (χ1v) is 5.48. The summed E-state index contributed by atoms with van der Waals surface area (Å²) in [5.74, 6) is 2.73. The SMILES string of the molecule is C#CC(CCC)NCc1ccc(C#N)cc1. The molecule has 0 heterocycles. The fraction of sp³-hybridized carbons (Fsp3) is 0.357. The van der Waals surface area contributed by atoms with E-state index in [9.17, 15) is 0 Å². The van der Waals surface area contributed by atoms with Crippen LogP contribution in [0.5, 0.6) is 0 Å². The van der Waals surface area contributed by atoms with E-state index in [-0.39, 0.29) is 6.04 Å². The van der Waals surface area contributed by atoms with Crippen LogP contribution in [-0.4, -0.2) is 6.04 Å². The second-order valence-corrected chi connectivity index (χ2v) is 3.70. The summed E-state index contributed by atoms with van der Waals surface area (Å²) in [6.07, 6.45) is 7.48. The van der Waals surface area contributed by atoms with Crippen molar-refractivity contribution in [2.45, 2.75) is 32.4 Å². The third kappa shape index (κ3) is 3.77.